The fourth-order valence-corrected chi connectivity index (χ4v) is 3.30. The number of hydrogen-bond donors (Lipinski definition) is 0. The van der Waals surface area contributed by atoms with Crippen LogP contribution in [0, 0.1) is 5.41 Å². The van der Waals surface area contributed by atoms with E-state index in [4.69, 9.17) is 0 Å². The maximum absolute atomic E-state index is 2.64. The Morgan fingerprint density at radius 2 is 1.12 bits per heavy atom. The Bertz CT molecular complexity index is 186. The van der Waals surface area contributed by atoms with Crippen LogP contribution in [0.25, 0.3) is 0 Å². The molecule has 0 atom stereocenters. The van der Waals surface area contributed by atoms with Crippen molar-refractivity contribution in [3.63, 3.8) is 0 Å². The van der Waals surface area contributed by atoms with Gasteiger partial charge in [-0.05, 0) is 5.41 Å². The van der Waals surface area contributed by atoms with E-state index in [-0.39, 0.29) is 0 Å². The van der Waals surface area contributed by atoms with Gasteiger partial charge in [0.15, 0.2) is 0 Å². The molecule has 1 radical (unpaired) electrons. The smallest absolute Gasteiger partial charge is 0.0671 e. The largest absolute Gasteiger partial charge is 0.125 e. The first-order chi connectivity index (χ1) is 7.10. The third-order valence-corrected chi connectivity index (χ3v) is 3.80. The molecule has 0 N–H and O–H groups in total. The molecule has 0 aliphatic carbocycles. The van der Waals surface area contributed by atoms with Crippen molar-refractivity contribution in [2.45, 2.75) is 91.7 Å². The molecule has 0 bridgehead atoms. The van der Waals surface area contributed by atoms with Gasteiger partial charge in [0.05, 0.1) is 0 Å². The van der Waals surface area contributed by atoms with Crippen molar-refractivity contribution in [1.82, 2.24) is 0 Å². The second kappa shape index (κ2) is 5.60. The van der Waals surface area contributed by atoms with Gasteiger partial charge in [0, 0.05) is 0 Å². The normalized spacial score (nSPS) is 14.0. The van der Waals surface area contributed by atoms with E-state index in [1.165, 1.54) is 25.7 Å². The van der Waals surface area contributed by atoms with Crippen molar-refractivity contribution in [1.29, 1.82) is 0 Å². The Morgan fingerprint density at radius 3 is 1.38 bits per heavy atom. The molecule has 0 heterocycles. The summed E-state index contributed by atoms with van der Waals surface area (Å²) in [7, 11) is 2.64. The Labute approximate surface area is 105 Å². The lowest BCUT2D eigenvalue weighted by Crippen LogP contribution is -2.30. The van der Waals surface area contributed by atoms with Crippen molar-refractivity contribution >= 4 is 7.28 Å². The molecule has 0 saturated heterocycles. The number of hydrogen-bond acceptors (Lipinski definition) is 0. The molecule has 0 rings (SSSR count). The lowest BCUT2D eigenvalue weighted by molar-refractivity contribution is 0.321. The van der Waals surface area contributed by atoms with Crippen molar-refractivity contribution < 1.29 is 0 Å². The molecule has 1 heteroatoms. The van der Waals surface area contributed by atoms with Gasteiger partial charge in [0.25, 0.3) is 0 Å². The van der Waals surface area contributed by atoms with Crippen molar-refractivity contribution in [3.8, 4) is 0 Å². The van der Waals surface area contributed by atoms with Gasteiger partial charge in [-0.25, -0.2) is 0 Å². The molecule has 0 nitrogen and oxygen atoms in total. The maximum atomic E-state index is 2.64. The molecular weight excluding hydrogens is 191 g/mol. The van der Waals surface area contributed by atoms with Crippen LogP contribution in [0.1, 0.15) is 81.1 Å². The minimum absolute atomic E-state index is 0.347. The van der Waals surface area contributed by atoms with Crippen LogP contribution in [0.3, 0.4) is 0 Å². The fraction of sp³-hybridized carbons (Fsp3) is 1.00. The van der Waals surface area contributed by atoms with Crippen LogP contribution in [0.15, 0.2) is 0 Å². The summed E-state index contributed by atoms with van der Waals surface area (Å²) >= 11 is 0. The van der Waals surface area contributed by atoms with Crippen LogP contribution in [0.5, 0.6) is 0 Å². The van der Waals surface area contributed by atoms with E-state index < -0.39 is 0 Å². The Kier molecular flexibility index (Phi) is 5.62. The average molecular weight is 223 g/mol. The van der Waals surface area contributed by atoms with Gasteiger partial charge in [0.1, 0.15) is 7.28 Å². The molecule has 0 fully saturated rings. The lowest BCUT2D eigenvalue weighted by Gasteiger charge is -2.40. The summed E-state index contributed by atoms with van der Waals surface area (Å²) in [5.74, 6) is 0. The predicted octanol–water partition coefficient (Wildman–Crippen LogP) is 5.71. The predicted molar refractivity (Wildman–Crippen MR) is 77.4 cm³/mol. The molecule has 0 spiro atoms. The van der Waals surface area contributed by atoms with E-state index in [1.807, 2.05) is 0 Å². The van der Waals surface area contributed by atoms with Gasteiger partial charge in [-0.2, -0.15) is 0 Å². The zero-order valence-electron chi connectivity index (χ0n) is 12.9. The van der Waals surface area contributed by atoms with E-state index in [0.717, 1.165) is 0 Å². The Hall–Kier alpha value is 0.0649. The third-order valence-electron chi connectivity index (χ3n) is 3.80. The van der Waals surface area contributed by atoms with E-state index in [0.29, 0.717) is 16.0 Å². The zero-order valence-corrected chi connectivity index (χ0v) is 12.9. The Balaban J connectivity index is 4.66. The minimum atomic E-state index is 0.347. The van der Waals surface area contributed by atoms with Gasteiger partial charge >= 0.3 is 0 Å². The highest BCUT2D eigenvalue weighted by Crippen LogP contribution is 2.48. The second-order valence-electron chi connectivity index (χ2n) is 7.29. The van der Waals surface area contributed by atoms with Gasteiger partial charge in [-0.15, -0.1) is 0 Å². The minimum Gasteiger partial charge on any atom is -0.0671 e. The van der Waals surface area contributed by atoms with E-state index in [9.17, 15) is 0 Å². The van der Waals surface area contributed by atoms with Crippen LogP contribution in [-0.4, -0.2) is 7.28 Å². The second-order valence-corrected chi connectivity index (χ2v) is 7.29. The summed E-state index contributed by atoms with van der Waals surface area (Å²) in [6.45, 7) is 18.8. The van der Waals surface area contributed by atoms with Crippen LogP contribution in [0.4, 0.5) is 0 Å². The first kappa shape index (κ1) is 16.1. The van der Waals surface area contributed by atoms with E-state index in [1.54, 1.807) is 0 Å². The summed E-state index contributed by atoms with van der Waals surface area (Å²) in [6.07, 6.45) is 5.08. The standard InChI is InChI=1S/C15H32B/c1-9-15(10-2,11-3)16-14(7,8)12-13(4,5)6/h9-12H2,1-8H3. The molecule has 0 unspecified atom stereocenters. The fourth-order valence-electron chi connectivity index (χ4n) is 3.30. The molecule has 95 valence electrons. The quantitative estimate of drug-likeness (QED) is 0.505. The van der Waals surface area contributed by atoms with Gasteiger partial charge in [-0.1, -0.05) is 91.7 Å². The zero-order chi connectivity index (χ0) is 13.0. The Morgan fingerprint density at radius 1 is 0.750 bits per heavy atom. The molecule has 0 aromatic rings. The summed E-state index contributed by atoms with van der Waals surface area (Å²) in [4.78, 5) is 0. The highest BCUT2D eigenvalue weighted by molar-refractivity contribution is 6.44. The summed E-state index contributed by atoms with van der Waals surface area (Å²) < 4.78 is 0. The topological polar surface area (TPSA) is 0 Å². The lowest BCUT2D eigenvalue weighted by atomic mass is 9.36. The maximum Gasteiger partial charge on any atom is 0.125 e. The molecule has 16 heavy (non-hydrogen) atoms. The van der Waals surface area contributed by atoms with Crippen molar-refractivity contribution in [2.24, 2.45) is 5.41 Å². The van der Waals surface area contributed by atoms with Crippen molar-refractivity contribution in [2.75, 3.05) is 0 Å². The molecule has 0 aromatic carbocycles. The van der Waals surface area contributed by atoms with Crippen LogP contribution >= 0.6 is 0 Å². The first-order valence-electron chi connectivity index (χ1n) is 6.97. The summed E-state index contributed by atoms with van der Waals surface area (Å²) in [6, 6.07) is 0. The van der Waals surface area contributed by atoms with Crippen LogP contribution in [0.2, 0.25) is 10.6 Å². The summed E-state index contributed by atoms with van der Waals surface area (Å²) in [5.41, 5.74) is 0.418. The molecule has 0 saturated carbocycles. The first-order valence-corrected chi connectivity index (χ1v) is 6.97. The SMILES string of the molecule is CCC([B]C(C)(C)CC(C)(C)C)(CC)CC. The molecule has 0 aliphatic rings. The van der Waals surface area contributed by atoms with Crippen molar-refractivity contribution in [3.05, 3.63) is 0 Å². The average Bonchev–Trinajstić information content (AvgIpc) is 2.10. The summed E-state index contributed by atoms with van der Waals surface area (Å²) in [5, 5.41) is 0.801. The molecular formula is C15H32B. The molecule has 0 amide bonds. The van der Waals surface area contributed by atoms with Gasteiger partial charge < -0.3 is 0 Å². The molecule has 0 aromatic heterocycles. The van der Waals surface area contributed by atoms with Gasteiger partial charge in [0.2, 0.25) is 0 Å². The monoisotopic (exact) mass is 223 g/mol. The molecule has 0 aliphatic heterocycles. The highest BCUT2D eigenvalue weighted by atomic mass is 14.3. The van der Waals surface area contributed by atoms with Crippen LogP contribution in [-0.2, 0) is 0 Å². The van der Waals surface area contributed by atoms with Crippen LogP contribution < -0.4 is 0 Å². The van der Waals surface area contributed by atoms with Gasteiger partial charge in [-0.3, -0.25) is 0 Å². The third kappa shape index (κ3) is 5.41. The number of rotatable bonds is 6. The van der Waals surface area contributed by atoms with E-state index >= 15 is 0 Å². The highest BCUT2D eigenvalue weighted by Gasteiger charge is 2.35. The van der Waals surface area contributed by atoms with E-state index in [2.05, 4.69) is 62.7 Å².